The van der Waals surface area contributed by atoms with Crippen molar-refractivity contribution in [2.45, 2.75) is 43.5 Å². The Hall–Kier alpha value is -1.91. The van der Waals surface area contributed by atoms with Crippen molar-refractivity contribution in [1.29, 1.82) is 0 Å². The van der Waals surface area contributed by atoms with Gasteiger partial charge in [-0.05, 0) is 18.1 Å². The number of aliphatic hydroxyl groups excluding tert-OH is 4. The van der Waals surface area contributed by atoms with Crippen molar-refractivity contribution in [1.82, 2.24) is 0 Å². The number of aliphatic hydroxyl groups is 4. The summed E-state index contributed by atoms with van der Waals surface area (Å²) in [6, 6.07) is 4.76. The third-order valence-corrected chi connectivity index (χ3v) is 3.97. The van der Waals surface area contributed by atoms with Crippen LogP contribution < -0.4 is 9.47 Å². The molecule has 140 valence electrons. The monoisotopic (exact) mass is 358 g/mol. The van der Waals surface area contributed by atoms with Crippen LogP contribution in [0.15, 0.2) is 18.2 Å². The van der Waals surface area contributed by atoms with E-state index in [1.165, 1.54) is 13.2 Å². The average Bonchev–Trinajstić information content (AvgIpc) is 2.60. The molecule has 0 bridgehead atoms. The first-order valence-electron chi connectivity index (χ1n) is 7.73. The van der Waals surface area contributed by atoms with Gasteiger partial charge in [-0.25, -0.2) is 0 Å². The lowest BCUT2D eigenvalue weighted by Crippen LogP contribution is -2.60. The predicted octanol–water partition coefficient (Wildman–Crippen LogP) is -1.11. The largest absolute Gasteiger partial charge is 0.497 e. The summed E-state index contributed by atoms with van der Waals surface area (Å²) < 4.78 is 16.0. The molecule has 1 aromatic carbocycles. The molecule has 5 N–H and O–H groups in total. The van der Waals surface area contributed by atoms with Crippen LogP contribution >= 0.6 is 0 Å². The number of carbonyl (C=O) groups is 1. The Morgan fingerprint density at radius 1 is 1.20 bits per heavy atom. The molecule has 0 spiro atoms. The van der Waals surface area contributed by atoms with Gasteiger partial charge in [-0.15, -0.1) is 0 Å². The van der Waals surface area contributed by atoms with Crippen molar-refractivity contribution in [3.05, 3.63) is 23.8 Å². The molecule has 0 saturated carbocycles. The van der Waals surface area contributed by atoms with Crippen LogP contribution in [0.5, 0.6) is 11.5 Å². The van der Waals surface area contributed by atoms with Gasteiger partial charge in [0.05, 0.1) is 13.7 Å². The summed E-state index contributed by atoms with van der Waals surface area (Å²) in [5.41, 5.74) is 0.542. The number of carboxylic acid groups (broad SMARTS) is 1. The first-order valence-corrected chi connectivity index (χ1v) is 7.73. The molecule has 1 fully saturated rings. The number of aliphatic carboxylic acids is 1. The van der Waals surface area contributed by atoms with Crippen molar-refractivity contribution in [3.8, 4) is 11.5 Å². The minimum Gasteiger partial charge on any atom is -0.497 e. The van der Waals surface area contributed by atoms with E-state index in [1.807, 2.05) is 0 Å². The molecule has 9 nitrogen and oxygen atoms in total. The number of hydrogen-bond acceptors (Lipinski definition) is 8. The number of hydrogen-bond donors (Lipinski definition) is 5. The van der Waals surface area contributed by atoms with Gasteiger partial charge >= 0.3 is 5.97 Å². The van der Waals surface area contributed by atoms with E-state index in [2.05, 4.69) is 0 Å². The molecular weight excluding hydrogens is 336 g/mol. The fraction of sp³-hybridized carbons (Fsp3) is 0.562. The van der Waals surface area contributed by atoms with E-state index in [0.717, 1.165) is 0 Å². The SMILES string of the molecule is COc1ccc(CCC(=O)O)c(O[C@@H]2O[C@H](CO)[C@@H](O)[C@@H](O)[C@H]2O)c1. The maximum Gasteiger partial charge on any atom is 0.303 e. The highest BCUT2D eigenvalue weighted by molar-refractivity contribution is 5.67. The molecule has 1 aliphatic rings. The topological polar surface area (TPSA) is 146 Å². The van der Waals surface area contributed by atoms with Crippen LogP contribution in [0.2, 0.25) is 0 Å². The summed E-state index contributed by atoms with van der Waals surface area (Å²) in [4.78, 5) is 10.8. The maximum absolute atomic E-state index is 10.8. The van der Waals surface area contributed by atoms with Crippen molar-refractivity contribution in [2.24, 2.45) is 0 Å². The Kier molecular flexibility index (Phi) is 6.57. The van der Waals surface area contributed by atoms with Crippen LogP contribution in [0.4, 0.5) is 0 Å². The second-order valence-corrected chi connectivity index (χ2v) is 5.68. The molecule has 1 heterocycles. The van der Waals surface area contributed by atoms with Gasteiger partial charge in [0.2, 0.25) is 6.29 Å². The molecule has 5 atom stereocenters. The number of aryl methyl sites for hydroxylation is 1. The van der Waals surface area contributed by atoms with Gasteiger partial charge in [0.15, 0.2) is 0 Å². The van der Waals surface area contributed by atoms with Crippen LogP contribution in [0, 0.1) is 0 Å². The Balaban J connectivity index is 2.22. The quantitative estimate of drug-likeness (QED) is 0.409. The van der Waals surface area contributed by atoms with E-state index in [1.54, 1.807) is 12.1 Å². The molecular formula is C16H22O9. The first kappa shape index (κ1) is 19.4. The molecule has 25 heavy (non-hydrogen) atoms. The number of rotatable bonds is 7. The molecule has 0 amide bonds. The first-order chi connectivity index (χ1) is 11.9. The minimum absolute atomic E-state index is 0.128. The summed E-state index contributed by atoms with van der Waals surface area (Å²) in [5, 5.41) is 47.7. The van der Waals surface area contributed by atoms with E-state index >= 15 is 0 Å². The van der Waals surface area contributed by atoms with Gasteiger partial charge in [0, 0.05) is 12.5 Å². The third kappa shape index (κ3) is 4.59. The summed E-state index contributed by atoms with van der Waals surface area (Å²) in [5.74, 6) is -0.321. The fourth-order valence-electron chi connectivity index (χ4n) is 2.51. The molecule has 1 aliphatic heterocycles. The molecule has 0 aliphatic carbocycles. The molecule has 2 rings (SSSR count). The van der Waals surface area contributed by atoms with Gasteiger partial charge in [-0.2, -0.15) is 0 Å². The molecule has 9 heteroatoms. The average molecular weight is 358 g/mol. The van der Waals surface area contributed by atoms with Crippen LogP contribution in [-0.4, -0.2) is 75.9 Å². The highest BCUT2D eigenvalue weighted by Crippen LogP contribution is 2.30. The van der Waals surface area contributed by atoms with Crippen molar-refractivity contribution in [3.63, 3.8) is 0 Å². The molecule has 0 aromatic heterocycles. The minimum atomic E-state index is -1.57. The molecule has 1 aromatic rings. The van der Waals surface area contributed by atoms with Crippen molar-refractivity contribution in [2.75, 3.05) is 13.7 Å². The van der Waals surface area contributed by atoms with E-state index in [4.69, 9.17) is 19.3 Å². The summed E-state index contributed by atoms with van der Waals surface area (Å²) in [6.07, 6.45) is -7.02. The second-order valence-electron chi connectivity index (χ2n) is 5.68. The zero-order valence-corrected chi connectivity index (χ0v) is 13.6. The lowest BCUT2D eigenvalue weighted by atomic mass is 9.99. The van der Waals surface area contributed by atoms with Gasteiger partial charge in [-0.1, -0.05) is 6.07 Å². The van der Waals surface area contributed by atoms with E-state index < -0.39 is 43.3 Å². The predicted molar refractivity (Wildman–Crippen MR) is 83.3 cm³/mol. The standard InChI is InChI=1S/C16H22O9/c1-23-9-4-2-8(3-5-12(18)19)10(6-9)24-16-15(22)14(21)13(20)11(7-17)25-16/h2,4,6,11,13-17,20-22H,3,5,7H2,1H3,(H,18,19)/t11-,13-,14-,15-,16-/m1/s1. The summed E-state index contributed by atoms with van der Waals surface area (Å²) in [7, 11) is 1.45. The smallest absolute Gasteiger partial charge is 0.303 e. The van der Waals surface area contributed by atoms with Crippen molar-refractivity contribution >= 4 is 5.97 Å². The third-order valence-electron chi connectivity index (χ3n) is 3.97. The Morgan fingerprint density at radius 3 is 2.52 bits per heavy atom. The van der Waals surface area contributed by atoms with Gasteiger partial charge in [0.1, 0.15) is 35.9 Å². The lowest BCUT2D eigenvalue weighted by molar-refractivity contribution is -0.277. The number of benzene rings is 1. The number of ether oxygens (including phenoxy) is 3. The van der Waals surface area contributed by atoms with Gasteiger partial charge in [-0.3, -0.25) is 4.79 Å². The van der Waals surface area contributed by atoms with Crippen LogP contribution in [0.3, 0.4) is 0 Å². The highest BCUT2D eigenvalue weighted by atomic mass is 16.7. The Morgan fingerprint density at radius 2 is 1.92 bits per heavy atom. The normalized spacial score (nSPS) is 29.2. The Labute approximate surface area is 144 Å². The molecule has 0 unspecified atom stereocenters. The van der Waals surface area contributed by atoms with Gasteiger partial charge in [0.25, 0.3) is 0 Å². The van der Waals surface area contributed by atoms with Crippen molar-refractivity contribution < 1.29 is 44.5 Å². The maximum atomic E-state index is 10.8. The van der Waals surface area contributed by atoms with Crippen LogP contribution in [0.1, 0.15) is 12.0 Å². The van der Waals surface area contributed by atoms with Gasteiger partial charge < -0.3 is 39.7 Å². The highest BCUT2D eigenvalue weighted by Gasteiger charge is 2.44. The van der Waals surface area contributed by atoms with Crippen LogP contribution in [0.25, 0.3) is 0 Å². The zero-order valence-electron chi connectivity index (χ0n) is 13.6. The number of carboxylic acids is 1. The van der Waals surface area contributed by atoms with E-state index in [9.17, 15) is 25.2 Å². The molecule has 1 saturated heterocycles. The zero-order chi connectivity index (χ0) is 18.6. The fourth-order valence-corrected chi connectivity index (χ4v) is 2.51. The lowest BCUT2D eigenvalue weighted by Gasteiger charge is -2.39. The van der Waals surface area contributed by atoms with E-state index in [0.29, 0.717) is 11.3 Å². The van der Waals surface area contributed by atoms with Crippen LogP contribution in [-0.2, 0) is 16.0 Å². The Bertz CT molecular complexity index is 589. The summed E-state index contributed by atoms with van der Waals surface area (Å²) >= 11 is 0. The van der Waals surface area contributed by atoms with E-state index in [-0.39, 0.29) is 18.6 Å². The summed E-state index contributed by atoms with van der Waals surface area (Å²) in [6.45, 7) is -0.575. The number of methoxy groups -OCH3 is 1. The molecule has 0 radical (unpaired) electrons. The second kappa shape index (κ2) is 8.45.